The van der Waals surface area contributed by atoms with Crippen molar-refractivity contribution in [1.82, 2.24) is 15.0 Å². The van der Waals surface area contributed by atoms with Gasteiger partial charge in [0.25, 0.3) is 0 Å². The van der Waals surface area contributed by atoms with Crippen molar-refractivity contribution >= 4 is 23.4 Å². The van der Waals surface area contributed by atoms with Crippen LogP contribution in [0, 0.1) is 0 Å². The lowest BCUT2D eigenvalue weighted by Crippen LogP contribution is -2.29. The Morgan fingerprint density at radius 3 is 2.41 bits per heavy atom. The average molecular weight is 479 g/mol. The molecule has 2 heterocycles. The zero-order chi connectivity index (χ0) is 23.5. The topological polar surface area (TPSA) is 80.5 Å². The SMILES string of the molecule is COc1ccc(Cn2nnc(C(=O)O)c2SC2CC(c3ccc(N4CCCCC4)cc3)C2)cc1. The smallest absolute Gasteiger partial charge is 0.359 e. The van der Waals surface area contributed by atoms with Gasteiger partial charge in [-0.25, -0.2) is 9.48 Å². The molecule has 0 amide bonds. The third kappa shape index (κ3) is 4.92. The number of piperidine rings is 1. The van der Waals surface area contributed by atoms with Gasteiger partial charge in [-0.05, 0) is 73.4 Å². The minimum Gasteiger partial charge on any atom is -0.497 e. The Kier molecular flexibility index (Phi) is 6.76. The van der Waals surface area contributed by atoms with E-state index in [2.05, 4.69) is 39.5 Å². The van der Waals surface area contributed by atoms with E-state index in [-0.39, 0.29) is 5.69 Å². The molecule has 1 N–H and O–H groups in total. The monoisotopic (exact) mass is 478 g/mol. The lowest BCUT2D eigenvalue weighted by molar-refractivity contribution is 0.0686. The van der Waals surface area contributed by atoms with Gasteiger partial charge in [-0.3, -0.25) is 0 Å². The molecule has 2 aromatic carbocycles. The van der Waals surface area contributed by atoms with Crippen molar-refractivity contribution in [2.45, 2.75) is 54.8 Å². The summed E-state index contributed by atoms with van der Waals surface area (Å²) in [6.45, 7) is 2.79. The first-order valence-corrected chi connectivity index (χ1v) is 12.8. The molecule has 0 radical (unpaired) electrons. The van der Waals surface area contributed by atoms with Gasteiger partial charge < -0.3 is 14.7 Å². The second-order valence-corrected chi connectivity index (χ2v) is 10.4. The molecule has 1 aliphatic carbocycles. The quantitative estimate of drug-likeness (QED) is 0.485. The summed E-state index contributed by atoms with van der Waals surface area (Å²) in [7, 11) is 1.63. The third-order valence-corrected chi connectivity index (χ3v) is 8.19. The molecule has 0 spiro atoms. The van der Waals surface area contributed by atoms with Crippen molar-refractivity contribution in [2.75, 3.05) is 25.1 Å². The van der Waals surface area contributed by atoms with E-state index in [1.807, 2.05) is 24.3 Å². The molecule has 1 saturated carbocycles. The molecular weight excluding hydrogens is 448 g/mol. The molecule has 2 aliphatic rings. The summed E-state index contributed by atoms with van der Waals surface area (Å²) in [6, 6.07) is 16.8. The molecule has 0 bridgehead atoms. The number of hydrogen-bond donors (Lipinski definition) is 1. The summed E-state index contributed by atoms with van der Waals surface area (Å²) in [5.74, 6) is 0.271. The maximum absolute atomic E-state index is 11.8. The highest BCUT2D eigenvalue weighted by Crippen LogP contribution is 2.46. The van der Waals surface area contributed by atoms with E-state index in [4.69, 9.17) is 4.74 Å². The Morgan fingerprint density at radius 2 is 1.76 bits per heavy atom. The molecule has 1 aromatic heterocycles. The van der Waals surface area contributed by atoms with Crippen LogP contribution < -0.4 is 9.64 Å². The Bertz CT molecular complexity index is 1120. The molecule has 0 unspecified atom stereocenters. The number of benzene rings is 2. The standard InChI is InChI=1S/C26H30N4O3S/c1-33-22-11-5-18(6-12-22)17-30-25(24(26(31)32)27-28-30)34-23-15-20(16-23)19-7-9-21(10-8-19)29-13-3-2-4-14-29/h5-12,20,23H,2-4,13-17H2,1H3,(H,31,32). The van der Waals surface area contributed by atoms with E-state index in [0.29, 0.717) is 22.7 Å². The Hall–Kier alpha value is -3.00. The summed E-state index contributed by atoms with van der Waals surface area (Å²) in [5, 5.41) is 18.7. The first-order chi connectivity index (χ1) is 16.6. The highest BCUT2D eigenvalue weighted by Gasteiger charge is 2.34. The van der Waals surface area contributed by atoms with Gasteiger partial charge in [0.15, 0.2) is 0 Å². The average Bonchev–Trinajstić information content (AvgIpc) is 3.24. The summed E-state index contributed by atoms with van der Waals surface area (Å²) >= 11 is 1.59. The fraction of sp³-hybridized carbons (Fsp3) is 0.423. The van der Waals surface area contributed by atoms with Crippen molar-refractivity contribution in [1.29, 1.82) is 0 Å². The predicted molar refractivity (Wildman–Crippen MR) is 133 cm³/mol. The van der Waals surface area contributed by atoms with Crippen LogP contribution in [-0.2, 0) is 6.54 Å². The first kappa shape index (κ1) is 22.8. The zero-order valence-corrected chi connectivity index (χ0v) is 20.2. The number of rotatable bonds is 8. The summed E-state index contributed by atoms with van der Waals surface area (Å²) in [4.78, 5) is 14.2. The molecular formula is C26H30N4O3S. The summed E-state index contributed by atoms with van der Waals surface area (Å²) < 4.78 is 6.92. The van der Waals surface area contributed by atoms with Crippen LogP contribution in [0.1, 0.15) is 59.6 Å². The lowest BCUT2D eigenvalue weighted by atomic mass is 9.79. The Balaban J connectivity index is 1.22. The van der Waals surface area contributed by atoms with E-state index in [9.17, 15) is 9.90 Å². The van der Waals surface area contributed by atoms with Gasteiger partial charge in [0, 0.05) is 24.0 Å². The minimum atomic E-state index is -1.03. The number of hydrogen-bond acceptors (Lipinski definition) is 6. The van der Waals surface area contributed by atoms with Crippen LogP contribution in [0.4, 0.5) is 5.69 Å². The van der Waals surface area contributed by atoms with Crippen LogP contribution in [0.25, 0.3) is 0 Å². The summed E-state index contributed by atoms with van der Waals surface area (Å²) in [5.41, 5.74) is 3.76. The van der Waals surface area contributed by atoms with Crippen molar-refractivity contribution in [3.63, 3.8) is 0 Å². The minimum absolute atomic E-state index is 0.0350. The number of ether oxygens (including phenoxy) is 1. The molecule has 0 atom stereocenters. The fourth-order valence-electron chi connectivity index (χ4n) is 4.76. The van der Waals surface area contributed by atoms with Crippen molar-refractivity contribution in [3.05, 3.63) is 65.4 Å². The van der Waals surface area contributed by atoms with Gasteiger partial charge in [-0.15, -0.1) is 16.9 Å². The number of methoxy groups -OCH3 is 1. The number of anilines is 1. The molecule has 7 nitrogen and oxygen atoms in total. The van der Waals surface area contributed by atoms with E-state index in [1.165, 1.54) is 30.5 Å². The van der Waals surface area contributed by atoms with Crippen LogP contribution in [0.2, 0.25) is 0 Å². The van der Waals surface area contributed by atoms with Crippen molar-refractivity contribution in [3.8, 4) is 5.75 Å². The van der Waals surface area contributed by atoms with E-state index < -0.39 is 5.97 Å². The Morgan fingerprint density at radius 1 is 1.06 bits per heavy atom. The second-order valence-electron chi connectivity index (χ2n) is 9.10. The largest absolute Gasteiger partial charge is 0.497 e. The van der Waals surface area contributed by atoms with Gasteiger partial charge in [0.2, 0.25) is 5.69 Å². The molecule has 5 rings (SSSR count). The first-order valence-electron chi connectivity index (χ1n) is 11.9. The third-order valence-electron chi connectivity index (χ3n) is 6.84. The highest BCUT2D eigenvalue weighted by molar-refractivity contribution is 8.00. The Labute approximate surface area is 204 Å². The number of thioether (sulfide) groups is 1. The van der Waals surface area contributed by atoms with Crippen molar-refractivity contribution < 1.29 is 14.6 Å². The number of carbonyl (C=O) groups is 1. The maximum Gasteiger partial charge on any atom is 0.359 e. The zero-order valence-electron chi connectivity index (χ0n) is 19.4. The molecule has 1 aliphatic heterocycles. The molecule has 3 aromatic rings. The van der Waals surface area contributed by atoms with Gasteiger partial charge in [-0.2, -0.15) is 0 Å². The van der Waals surface area contributed by atoms with Crippen LogP contribution in [0.3, 0.4) is 0 Å². The van der Waals surface area contributed by atoms with Gasteiger partial charge in [0.05, 0.1) is 13.7 Å². The van der Waals surface area contributed by atoms with Gasteiger partial charge >= 0.3 is 5.97 Å². The van der Waals surface area contributed by atoms with Crippen LogP contribution in [0.15, 0.2) is 53.6 Å². The van der Waals surface area contributed by atoms with E-state index in [1.54, 1.807) is 23.6 Å². The van der Waals surface area contributed by atoms with E-state index in [0.717, 1.165) is 37.2 Å². The molecule has 178 valence electrons. The number of aromatic carboxylic acids is 1. The van der Waals surface area contributed by atoms with Crippen LogP contribution >= 0.6 is 11.8 Å². The van der Waals surface area contributed by atoms with Crippen molar-refractivity contribution in [2.24, 2.45) is 0 Å². The highest BCUT2D eigenvalue weighted by atomic mass is 32.2. The maximum atomic E-state index is 11.8. The van der Waals surface area contributed by atoms with Crippen LogP contribution in [-0.4, -0.2) is 51.5 Å². The predicted octanol–water partition coefficient (Wildman–Crippen LogP) is 5.06. The molecule has 8 heteroatoms. The van der Waals surface area contributed by atoms with E-state index >= 15 is 0 Å². The number of carboxylic acids is 1. The molecule has 2 fully saturated rings. The normalized spacial score (nSPS) is 20.1. The molecule has 1 saturated heterocycles. The number of aromatic nitrogens is 3. The number of carboxylic acid groups (broad SMARTS) is 1. The lowest BCUT2D eigenvalue weighted by Gasteiger charge is -2.35. The van der Waals surface area contributed by atoms with Gasteiger partial charge in [-0.1, -0.05) is 29.5 Å². The van der Waals surface area contributed by atoms with Crippen LogP contribution in [0.5, 0.6) is 5.75 Å². The second kappa shape index (κ2) is 10.1. The van der Waals surface area contributed by atoms with Gasteiger partial charge in [0.1, 0.15) is 10.8 Å². The summed E-state index contributed by atoms with van der Waals surface area (Å²) in [6.07, 6.45) is 5.96. The molecule has 34 heavy (non-hydrogen) atoms. The fourth-order valence-corrected chi connectivity index (χ4v) is 6.20. The number of nitrogens with zero attached hydrogens (tertiary/aromatic N) is 4.